The van der Waals surface area contributed by atoms with Gasteiger partial charge in [-0.05, 0) is 36.7 Å². The van der Waals surface area contributed by atoms with Crippen LogP contribution in [0.1, 0.15) is 19.6 Å². The van der Waals surface area contributed by atoms with Gasteiger partial charge in [0, 0.05) is 5.39 Å². The normalized spacial score (nSPS) is 11.5. The molecule has 16 heavy (non-hydrogen) atoms. The number of hydrogen-bond donors (Lipinski definition) is 1. The number of fused-ring (bicyclic) bond motifs is 1. The summed E-state index contributed by atoms with van der Waals surface area (Å²) >= 11 is 0. The molecule has 0 atom stereocenters. The van der Waals surface area contributed by atoms with E-state index in [1.807, 2.05) is 6.07 Å². The lowest BCUT2D eigenvalue weighted by Gasteiger charge is -2.04. The van der Waals surface area contributed by atoms with E-state index in [1.54, 1.807) is 6.07 Å². The molecule has 2 aromatic rings. The van der Waals surface area contributed by atoms with E-state index in [0.717, 1.165) is 23.3 Å². The number of nitrogens with one attached hydrogen (secondary N) is 1. The standard InChI is InChI=1S/C13H16FNO/c1-9(2)7-15-8-12-6-10-5-11(14)3-4-13(10)16-12/h3-6,9,15H,7-8H2,1-2H3. The van der Waals surface area contributed by atoms with Gasteiger partial charge in [-0.2, -0.15) is 0 Å². The predicted molar refractivity (Wildman–Crippen MR) is 62.7 cm³/mol. The Morgan fingerprint density at radius 1 is 1.31 bits per heavy atom. The van der Waals surface area contributed by atoms with Crippen molar-refractivity contribution in [1.82, 2.24) is 5.32 Å². The molecular formula is C13H16FNO. The summed E-state index contributed by atoms with van der Waals surface area (Å²) in [5.41, 5.74) is 0.739. The molecule has 1 heterocycles. The van der Waals surface area contributed by atoms with E-state index in [2.05, 4.69) is 19.2 Å². The number of benzene rings is 1. The summed E-state index contributed by atoms with van der Waals surface area (Å²) in [6, 6.07) is 6.45. The van der Waals surface area contributed by atoms with Crippen LogP contribution >= 0.6 is 0 Å². The van der Waals surface area contributed by atoms with Gasteiger partial charge in [-0.15, -0.1) is 0 Å². The summed E-state index contributed by atoms with van der Waals surface area (Å²) in [5.74, 6) is 1.23. The summed E-state index contributed by atoms with van der Waals surface area (Å²) < 4.78 is 18.5. The molecule has 0 radical (unpaired) electrons. The molecule has 0 bridgehead atoms. The third-order valence-electron chi connectivity index (χ3n) is 2.38. The van der Waals surface area contributed by atoms with Crippen molar-refractivity contribution in [3.8, 4) is 0 Å². The fraction of sp³-hybridized carbons (Fsp3) is 0.385. The second-order valence-electron chi connectivity index (χ2n) is 4.42. The van der Waals surface area contributed by atoms with E-state index in [-0.39, 0.29) is 5.82 Å². The van der Waals surface area contributed by atoms with Crippen molar-refractivity contribution in [2.45, 2.75) is 20.4 Å². The lowest BCUT2D eigenvalue weighted by Crippen LogP contribution is -2.18. The molecule has 0 saturated carbocycles. The fourth-order valence-corrected chi connectivity index (χ4v) is 1.64. The highest BCUT2D eigenvalue weighted by molar-refractivity contribution is 5.77. The molecule has 2 rings (SSSR count). The van der Waals surface area contributed by atoms with Crippen LogP contribution in [0.15, 0.2) is 28.7 Å². The summed E-state index contributed by atoms with van der Waals surface area (Å²) in [5, 5.41) is 4.11. The molecule has 3 heteroatoms. The van der Waals surface area contributed by atoms with E-state index < -0.39 is 0 Å². The highest BCUT2D eigenvalue weighted by Crippen LogP contribution is 2.20. The number of rotatable bonds is 4. The number of furan rings is 1. The third-order valence-corrected chi connectivity index (χ3v) is 2.38. The van der Waals surface area contributed by atoms with E-state index >= 15 is 0 Å². The second-order valence-corrected chi connectivity index (χ2v) is 4.42. The van der Waals surface area contributed by atoms with Crippen molar-refractivity contribution >= 4 is 11.0 Å². The summed E-state index contributed by atoms with van der Waals surface area (Å²) in [4.78, 5) is 0. The molecule has 0 aliphatic carbocycles. The second kappa shape index (κ2) is 4.66. The van der Waals surface area contributed by atoms with Crippen LogP contribution in [0.3, 0.4) is 0 Å². The predicted octanol–water partition coefficient (Wildman–Crippen LogP) is 3.32. The Kier molecular flexibility index (Phi) is 3.25. The van der Waals surface area contributed by atoms with Crippen molar-refractivity contribution in [2.75, 3.05) is 6.54 Å². The number of hydrogen-bond acceptors (Lipinski definition) is 2. The number of halogens is 1. The van der Waals surface area contributed by atoms with Gasteiger partial charge in [-0.3, -0.25) is 0 Å². The monoisotopic (exact) mass is 221 g/mol. The Bertz CT molecular complexity index is 476. The maximum atomic E-state index is 12.9. The SMILES string of the molecule is CC(C)CNCc1cc2cc(F)ccc2o1. The summed E-state index contributed by atoms with van der Waals surface area (Å²) in [6.07, 6.45) is 0. The third kappa shape index (κ3) is 2.61. The summed E-state index contributed by atoms with van der Waals surface area (Å²) in [6.45, 7) is 5.95. The zero-order valence-electron chi connectivity index (χ0n) is 9.59. The van der Waals surface area contributed by atoms with Crippen molar-refractivity contribution in [3.63, 3.8) is 0 Å². The fourth-order valence-electron chi connectivity index (χ4n) is 1.64. The minimum absolute atomic E-state index is 0.227. The smallest absolute Gasteiger partial charge is 0.134 e. The van der Waals surface area contributed by atoms with Crippen molar-refractivity contribution in [1.29, 1.82) is 0 Å². The summed E-state index contributed by atoms with van der Waals surface area (Å²) in [7, 11) is 0. The first-order valence-electron chi connectivity index (χ1n) is 5.54. The van der Waals surface area contributed by atoms with Crippen LogP contribution in [-0.2, 0) is 6.54 Å². The maximum Gasteiger partial charge on any atom is 0.134 e. The largest absolute Gasteiger partial charge is 0.460 e. The van der Waals surface area contributed by atoms with Crippen LogP contribution in [0.5, 0.6) is 0 Å². The van der Waals surface area contributed by atoms with Gasteiger partial charge in [0.15, 0.2) is 0 Å². The average Bonchev–Trinajstić information content (AvgIpc) is 2.58. The van der Waals surface area contributed by atoms with Gasteiger partial charge in [-0.1, -0.05) is 13.8 Å². The zero-order valence-corrected chi connectivity index (χ0v) is 9.59. The molecule has 1 aromatic carbocycles. The van der Waals surface area contributed by atoms with E-state index in [4.69, 9.17) is 4.42 Å². The minimum atomic E-state index is -0.227. The Labute approximate surface area is 94.4 Å². The lowest BCUT2D eigenvalue weighted by atomic mass is 10.2. The zero-order chi connectivity index (χ0) is 11.5. The first-order valence-corrected chi connectivity index (χ1v) is 5.54. The quantitative estimate of drug-likeness (QED) is 0.856. The molecule has 0 aliphatic rings. The van der Waals surface area contributed by atoms with Crippen LogP contribution in [0, 0.1) is 11.7 Å². The molecule has 0 saturated heterocycles. The molecule has 0 spiro atoms. The van der Waals surface area contributed by atoms with Crippen molar-refractivity contribution in [2.24, 2.45) is 5.92 Å². The van der Waals surface area contributed by atoms with Crippen LogP contribution in [0.4, 0.5) is 4.39 Å². The Hall–Kier alpha value is -1.35. The molecule has 0 unspecified atom stereocenters. The molecule has 0 fully saturated rings. The van der Waals surface area contributed by atoms with Crippen molar-refractivity contribution in [3.05, 3.63) is 35.8 Å². The Morgan fingerprint density at radius 3 is 2.88 bits per heavy atom. The molecule has 1 N–H and O–H groups in total. The van der Waals surface area contributed by atoms with E-state index in [1.165, 1.54) is 12.1 Å². The molecular weight excluding hydrogens is 205 g/mol. The molecule has 86 valence electrons. The first kappa shape index (κ1) is 11.1. The van der Waals surface area contributed by atoms with E-state index in [9.17, 15) is 4.39 Å². The molecule has 0 amide bonds. The molecule has 1 aromatic heterocycles. The molecule has 2 nitrogen and oxygen atoms in total. The average molecular weight is 221 g/mol. The van der Waals surface area contributed by atoms with Crippen molar-refractivity contribution < 1.29 is 8.81 Å². The van der Waals surface area contributed by atoms with Gasteiger partial charge in [0.1, 0.15) is 17.2 Å². The Balaban J connectivity index is 2.08. The minimum Gasteiger partial charge on any atom is -0.460 e. The van der Waals surface area contributed by atoms with Crippen LogP contribution in [0.2, 0.25) is 0 Å². The van der Waals surface area contributed by atoms with Gasteiger partial charge in [-0.25, -0.2) is 4.39 Å². The van der Waals surface area contributed by atoms with E-state index in [0.29, 0.717) is 12.5 Å². The van der Waals surface area contributed by atoms with Gasteiger partial charge in [0.25, 0.3) is 0 Å². The topological polar surface area (TPSA) is 25.2 Å². The first-order chi connectivity index (χ1) is 7.65. The van der Waals surface area contributed by atoms with Gasteiger partial charge < -0.3 is 9.73 Å². The Morgan fingerprint density at radius 2 is 2.12 bits per heavy atom. The maximum absolute atomic E-state index is 12.9. The van der Waals surface area contributed by atoms with Gasteiger partial charge in [0.05, 0.1) is 6.54 Å². The highest BCUT2D eigenvalue weighted by atomic mass is 19.1. The van der Waals surface area contributed by atoms with Crippen LogP contribution in [-0.4, -0.2) is 6.54 Å². The molecule has 0 aliphatic heterocycles. The van der Waals surface area contributed by atoms with Crippen LogP contribution in [0.25, 0.3) is 11.0 Å². The van der Waals surface area contributed by atoms with Crippen LogP contribution < -0.4 is 5.32 Å². The lowest BCUT2D eigenvalue weighted by molar-refractivity contribution is 0.485. The van der Waals surface area contributed by atoms with Gasteiger partial charge in [0.2, 0.25) is 0 Å². The van der Waals surface area contributed by atoms with Gasteiger partial charge >= 0.3 is 0 Å². The highest BCUT2D eigenvalue weighted by Gasteiger charge is 2.04.